The van der Waals surface area contributed by atoms with E-state index in [1.54, 1.807) is 22.8 Å². The summed E-state index contributed by atoms with van der Waals surface area (Å²) in [5.41, 5.74) is 2.24. The third-order valence-electron chi connectivity index (χ3n) is 4.56. The molecule has 1 atom stereocenters. The average Bonchev–Trinajstić information content (AvgIpc) is 3.02. The molecule has 3 rings (SSSR count). The second kappa shape index (κ2) is 6.00. The maximum absolute atomic E-state index is 12.6. The van der Waals surface area contributed by atoms with Crippen molar-refractivity contribution in [2.45, 2.75) is 46.2 Å². The Kier molecular flexibility index (Phi) is 4.15. The first kappa shape index (κ1) is 16.6. The molecule has 0 bridgehead atoms. The molecule has 6 nitrogen and oxygen atoms in total. The Morgan fingerprint density at radius 2 is 2.29 bits per heavy atom. The molecule has 1 aliphatic carbocycles. The van der Waals surface area contributed by atoms with Crippen LogP contribution in [-0.2, 0) is 20.0 Å². The highest BCUT2D eigenvalue weighted by Crippen LogP contribution is 2.42. The Labute approximate surface area is 142 Å². The van der Waals surface area contributed by atoms with Crippen LogP contribution in [0.5, 0.6) is 0 Å². The third-order valence-corrected chi connectivity index (χ3v) is 4.56. The predicted molar refractivity (Wildman–Crippen MR) is 91.5 cm³/mol. The maximum atomic E-state index is 12.6. The Morgan fingerprint density at radius 1 is 1.54 bits per heavy atom. The van der Waals surface area contributed by atoms with E-state index in [0.29, 0.717) is 6.54 Å². The van der Waals surface area contributed by atoms with Gasteiger partial charge in [-0.2, -0.15) is 5.10 Å². The number of fused-ring (bicyclic) bond motifs is 1. The Bertz CT molecular complexity index is 744. The number of rotatable bonds is 3. The minimum absolute atomic E-state index is 0.00921. The van der Waals surface area contributed by atoms with E-state index in [0.717, 1.165) is 35.5 Å². The van der Waals surface area contributed by atoms with Gasteiger partial charge in [-0.3, -0.25) is 4.68 Å². The molecule has 0 fully saturated rings. The summed E-state index contributed by atoms with van der Waals surface area (Å²) in [7, 11) is 3.67. The zero-order chi connectivity index (χ0) is 17.5. The Morgan fingerprint density at radius 3 is 2.96 bits per heavy atom. The lowest BCUT2D eigenvalue weighted by Crippen LogP contribution is -2.42. The van der Waals surface area contributed by atoms with E-state index in [9.17, 15) is 4.79 Å². The molecule has 2 heterocycles. The van der Waals surface area contributed by atoms with Crippen LogP contribution in [0.15, 0.2) is 22.9 Å². The van der Waals surface area contributed by atoms with Crippen molar-refractivity contribution >= 4 is 6.03 Å². The average molecular weight is 330 g/mol. The second-order valence-electron chi connectivity index (χ2n) is 7.66. The lowest BCUT2D eigenvalue weighted by atomic mass is 9.75. The normalized spacial score (nSPS) is 19.0. The van der Waals surface area contributed by atoms with Gasteiger partial charge in [-0.15, -0.1) is 0 Å². The fraction of sp³-hybridized carbons (Fsp3) is 0.556. The van der Waals surface area contributed by atoms with Gasteiger partial charge >= 0.3 is 6.03 Å². The van der Waals surface area contributed by atoms with Crippen LogP contribution in [0.3, 0.4) is 0 Å². The SMILES string of the molecule is Cc1cc2c(o1)CC(C)(C)CC2NC(=O)N(C)Cc1cnn(C)c1. The molecule has 1 unspecified atom stereocenters. The lowest BCUT2D eigenvalue weighted by molar-refractivity contribution is 0.188. The van der Waals surface area contributed by atoms with Gasteiger partial charge in [-0.05, 0) is 24.8 Å². The highest BCUT2D eigenvalue weighted by atomic mass is 16.3. The van der Waals surface area contributed by atoms with Gasteiger partial charge in [0.2, 0.25) is 0 Å². The molecule has 1 N–H and O–H groups in total. The Balaban J connectivity index is 1.71. The van der Waals surface area contributed by atoms with Crippen molar-refractivity contribution in [1.82, 2.24) is 20.0 Å². The summed E-state index contributed by atoms with van der Waals surface area (Å²) in [5.74, 6) is 1.91. The van der Waals surface area contributed by atoms with Crippen molar-refractivity contribution in [1.29, 1.82) is 0 Å². The molecule has 24 heavy (non-hydrogen) atoms. The number of aromatic nitrogens is 2. The van der Waals surface area contributed by atoms with Gasteiger partial charge in [0.25, 0.3) is 0 Å². The van der Waals surface area contributed by atoms with E-state index in [4.69, 9.17) is 4.42 Å². The molecule has 2 amide bonds. The molecular weight excluding hydrogens is 304 g/mol. The first-order valence-corrected chi connectivity index (χ1v) is 8.32. The van der Waals surface area contributed by atoms with Gasteiger partial charge in [0.05, 0.1) is 18.8 Å². The van der Waals surface area contributed by atoms with Gasteiger partial charge in [-0.25, -0.2) is 4.79 Å². The molecule has 0 saturated carbocycles. The minimum Gasteiger partial charge on any atom is -0.466 e. The molecule has 2 aromatic heterocycles. The van der Waals surface area contributed by atoms with Gasteiger partial charge in [0.15, 0.2) is 0 Å². The fourth-order valence-electron chi connectivity index (χ4n) is 3.47. The number of carbonyl (C=O) groups is 1. The minimum atomic E-state index is -0.0774. The quantitative estimate of drug-likeness (QED) is 0.940. The fourth-order valence-corrected chi connectivity index (χ4v) is 3.47. The summed E-state index contributed by atoms with van der Waals surface area (Å²) in [4.78, 5) is 14.3. The van der Waals surface area contributed by atoms with E-state index in [1.165, 1.54) is 0 Å². The zero-order valence-corrected chi connectivity index (χ0v) is 15.1. The van der Waals surface area contributed by atoms with E-state index >= 15 is 0 Å². The molecule has 0 radical (unpaired) electrons. The number of carbonyl (C=O) groups excluding carboxylic acids is 1. The van der Waals surface area contributed by atoms with Gasteiger partial charge in [-0.1, -0.05) is 13.8 Å². The van der Waals surface area contributed by atoms with E-state index in [2.05, 4.69) is 30.3 Å². The third kappa shape index (κ3) is 3.47. The number of nitrogens with one attached hydrogen (secondary N) is 1. The van der Waals surface area contributed by atoms with Crippen molar-refractivity contribution < 1.29 is 9.21 Å². The van der Waals surface area contributed by atoms with Crippen molar-refractivity contribution in [3.8, 4) is 0 Å². The first-order chi connectivity index (χ1) is 11.2. The zero-order valence-electron chi connectivity index (χ0n) is 15.1. The number of amides is 2. The molecule has 1 aliphatic rings. The smallest absolute Gasteiger partial charge is 0.317 e. The van der Waals surface area contributed by atoms with Crippen LogP contribution in [0.1, 0.15) is 49.0 Å². The molecule has 0 saturated heterocycles. The van der Waals surface area contributed by atoms with E-state index in [-0.39, 0.29) is 17.5 Å². The second-order valence-corrected chi connectivity index (χ2v) is 7.66. The number of furan rings is 1. The van der Waals surface area contributed by atoms with E-state index < -0.39 is 0 Å². The molecule has 130 valence electrons. The van der Waals surface area contributed by atoms with Gasteiger partial charge in [0.1, 0.15) is 11.5 Å². The highest BCUT2D eigenvalue weighted by molar-refractivity contribution is 5.74. The number of aryl methyl sites for hydroxylation is 2. The molecular formula is C18H26N4O2. The van der Waals surface area contributed by atoms with Crippen molar-refractivity contribution in [3.63, 3.8) is 0 Å². The summed E-state index contributed by atoms with van der Waals surface area (Å²) in [5, 5.41) is 7.31. The van der Waals surface area contributed by atoms with Gasteiger partial charge < -0.3 is 14.6 Å². The van der Waals surface area contributed by atoms with Crippen LogP contribution in [0.2, 0.25) is 0 Å². The largest absolute Gasteiger partial charge is 0.466 e. The number of hydrogen-bond acceptors (Lipinski definition) is 3. The van der Waals surface area contributed by atoms with Crippen molar-refractivity contribution in [2.24, 2.45) is 12.5 Å². The van der Waals surface area contributed by atoms with Crippen LogP contribution >= 0.6 is 0 Å². The summed E-state index contributed by atoms with van der Waals surface area (Å²) in [6.45, 7) is 6.92. The summed E-state index contributed by atoms with van der Waals surface area (Å²) >= 11 is 0. The van der Waals surface area contributed by atoms with Gasteiger partial charge in [0, 0.05) is 37.8 Å². The lowest BCUT2D eigenvalue weighted by Gasteiger charge is -2.35. The summed E-state index contributed by atoms with van der Waals surface area (Å²) in [6, 6.07) is 1.97. The number of hydrogen-bond donors (Lipinski definition) is 1. The number of urea groups is 1. The van der Waals surface area contributed by atoms with Crippen LogP contribution < -0.4 is 5.32 Å². The number of nitrogens with zero attached hydrogens (tertiary/aromatic N) is 3. The summed E-state index contributed by atoms with van der Waals surface area (Å²) in [6.07, 6.45) is 5.52. The molecule has 6 heteroatoms. The van der Waals surface area contributed by atoms with Crippen LogP contribution in [-0.4, -0.2) is 27.8 Å². The van der Waals surface area contributed by atoms with E-state index in [1.807, 2.05) is 20.2 Å². The highest BCUT2D eigenvalue weighted by Gasteiger charge is 2.35. The molecule has 2 aromatic rings. The molecule has 0 aliphatic heterocycles. The van der Waals surface area contributed by atoms with Crippen LogP contribution in [0.25, 0.3) is 0 Å². The molecule has 0 aromatic carbocycles. The van der Waals surface area contributed by atoms with Crippen molar-refractivity contribution in [2.75, 3.05) is 7.05 Å². The molecule has 0 spiro atoms. The summed E-state index contributed by atoms with van der Waals surface area (Å²) < 4.78 is 7.58. The standard InChI is InChI=1S/C18H26N4O2/c1-12-6-14-15(7-18(2,3)8-16(14)24-12)20-17(23)21(4)10-13-9-19-22(5)11-13/h6,9,11,15H,7-8,10H2,1-5H3,(H,20,23). The Hall–Kier alpha value is -2.24. The van der Waals surface area contributed by atoms with Crippen molar-refractivity contribution in [3.05, 3.63) is 41.1 Å². The predicted octanol–water partition coefficient (Wildman–Crippen LogP) is 3.18. The maximum Gasteiger partial charge on any atom is 0.317 e. The first-order valence-electron chi connectivity index (χ1n) is 8.32. The monoisotopic (exact) mass is 330 g/mol. The van der Waals surface area contributed by atoms with Crippen LogP contribution in [0.4, 0.5) is 4.79 Å². The van der Waals surface area contributed by atoms with Crippen LogP contribution in [0, 0.1) is 12.3 Å². The topological polar surface area (TPSA) is 63.3 Å².